The van der Waals surface area contributed by atoms with Gasteiger partial charge in [-0.05, 0) is 49.1 Å². The molecule has 0 saturated carbocycles. The maximum atomic E-state index is 12.1. The molecule has 3 N–H and O–H groups in total. The molecule has 0 aliphatic carbocycles. The first-order valence-electron chi connectivity index (χ1n) is 9.93. The zero-order valence-corrected chi connectivity index (χ0v) is 17.2. The van der Waals surface area contributed by atoms with Gasteiger partial charge in [-0.3, -0.25) is 0 Å². The third-order valence-corrected chi connectivity index (χ3v) is 6.14. The lowest BCUT2D eigenvalue weighted by Gasteiger charge is -2.28. The Morgan fingerprint density at radius 1 is 0.897 bits per heavy atom. The van der Waals surface area contributed by atoms with Gasteiger partial charge in [0, 0.05) is 37.6 Å². The molecule has 29 heavy (non-hydrogen) atoms. The number of nitrogens with zero attached hydrogens (tertiary/aromatic N) is 1. The summed E-state index contributed by atoms with van der Waals surface area (Å²) >= 11 is 0. The van der Waals surface area contributed by atoms with Gasteiger partial charge in [0.05, 0.1) is 5.75 Å². The summed E-state index contributed by atoms with van der Waals surface area (Å²) in [4.78, 5) is 14.4. The molecule has 1 heterocycles. The second kappa shape index (κ2) is 10.3. The number of urea groups is 1. The summed E-state index contributed by atoms with van der Waals surface area (Å²) < 4.78 is 26.6. The van der Waals surface area contributed by atoms with Gasteiger partial charge in [-0.1, -0.05) is 30.3 Å². The first kappa shape index (κ1) is 21.1. The summed E-state index contributed by atoms with van der Waals surface area (Å²) in [6.45, 7) is 2.49. The monoisotopic (exact) mass is 416 g/mol. The second-order valence-electron chi connectivity index (χ2n) is 7.11. The molecule has 1 aliphatic rings. The van der Waals surface area contributed by atoms with Crippen molar-refractivity contribution < 1.29 is 13.2 Å². The van der Waals surface area contributed by atoms with Crippen LogP contribution in [0.1, 0.15) is 24.8 Å². The van der Waals surface area contributed by atoms with Crippen molar-refractivity contribution in [2.75, 3.05) is 36.4 Å². The Bertz CT molecular complexity index is 880. The first-order chi connectivity index (χ1) is 14.0. The van der Waals surface area contributed by atoms with E-state index in [0.29, 0.717) is 5.69 Å². The molecule has 0 aromatic heterocycles. The number of amides is 2. The number of benzene rings is 2. The zero-order chi connectivity index (χ0) is 20.5. The number of nitrogens with one attached hydrogen (secondary N) is 3. The average Bonchev–Trinajstić information content (AvgIpc) is 2.73. The Labute approximate surface area is 172 Å². The summed E-state index contributed by atoms with van der Waals surface area (Å²) in [5.41, 5.74) is 2.59. The molecule has 3 rings (SSSR count). The minimum atomic E-state index is -3.43. The fourth-order valence-electron chi connectivity index (χ4n) is 3.31. The van der Waals surface area contributed by atoms with Crippen molar-refractivity contribution in [1.29, 1.82) is 0 Å². The number of piperidine rings is 1. The number of carbonyl (C=O) groups is 1. The van der Waals surface area contributed by atoms with Crippen LogP contribution in [0, 0.1) is 0 Å². The van der Waals surface area contributed by atoms with Crippen LogP contribution in [-0.4, -0.2) is 40.6 Å². The molecule has 0 spiro atoms. The highest BCUT2D eigenvalue weighted by Gasteiger charge is 2.12. The summed E-state index contributed by atoms with van der Waals surface area (Å²) in [5, 5.41) is 5.42. The quantitative estimate of drug-likeness (QED) is 0.577. The average molecular weight is 417 g/mol. The molecule has 8 heteroatoms. The van der Waals surface area contributed by atoms with Gasteiger partial charge in [-0.25, -0.2) is 17.9 Å². The summed E-state index contributed by atoms with van der Waals surface area (Å²) in [5.74, 6) is -0.0800. The van der Waals surface area contributed by atoms with Crippen molar-refractivity contribution >= 4 is 27.4 Å². The lowest BCUT2D eigenvalue weighted by molar-refractivity contribution is 0.252. The maximum absolute atomic E-state index is 12.1. The number of sulfonamides is 1. The van der Waals surface area contributed by atoms with E-state index in [1.807, 2.05) is 30.3 Å². The fourth-order valence-corrected chi connectivity index (χ4v) is 4.46. The van der Waals surface area contributed by atoms with E-state index in [2.05, 4.69) is 20.3 Å². The largest absolute Gasteiger partial charge is 0.372 e. The van der Waals surface area contributed by atoms with Gasteiger partial charge < -0.3 is 15.5 Å². The van der Waals surface area contributed by atoms with E-state index in [1.54, 1.807) is 24.3 Å². The smallest absolute Gasteiger partial charge is 0.319 e. The van der Waals surface area contributed by atoms with Crippen molar-refractivity contribution in [3.8, 4) is 0 Å². The van der Waals surface area contributed by atoms with Crippen LogP contribution in [0.4, 0.5) is 16.2 Å². The number of hydrogen-bond donors (Lipinski definition) is 3. The standard InChI is InChI=1S/C21H28N4O3S/c26-21(22-13-14-23-29(27,28)17-18-7-3-1-4-8-18)24-19-9-11-20(12-10-19)25-15-5-2-6-16-25/h1,3-4,7-12,23H,2,5-6,13-17H2,(H2,22,24,26). The molecule has 0 bridgehead atoms. The predicted octanol–water partition coefficient (Wildman–Crippen LogP) is 2.92. The van der Waals surface area contributed by atoms with Gasteiger partial charge in [0.15, 0.2) is 0 Å². The molecule has 1 saturated heterocycles. The molecular formula is C21H28N4O3S. The minimum Gasteiger partial charge on any atom is -0.372 e. The molecule has 0 unspecified atom stereocenters. The molecule has 0 radical (unpaired) electrons. The Morgan fingerprint density at radius 2 is 1.59 bits per heavy atom. The van der Waals surface area contributed by atoms with Gasteiger partial charge in [0.25, 0.3) is 0 Å². The highest BCUT2D eigenvalue weighted by molar-refractivity contribution is 7.88. The molecule has 1 aliphatic heterocycles. The van der Waals surface area contributed by atoms with Gasteiger partial charge >= 0.3 is 6.03 Å². The van der Waals surface area contributed by atoms with E-state index < -0.39 is 10.0 Å². The number of rotatable bonds is 8. The van der Waals surface area contributed by atoms with Crippen molar-refractivity contribution in [2.24, 2.45) is 0 Å². The van der Waals surface area contributed by atoms with Crippen LogP contribution in [-0.2, 0) is 15.8 Å². The first-order valence-corrected chi connectivity index (χ1v) is 11.6. The molecule has 2 aromatic rings. The molecule has 156 valence electrons. The van der Waals surface area contributed by atoms with Crippen LogP contribution >= 0.6 is 0 Å². The summed E-state index contributed by atoms with van der Waals surface area (Å²) in [7, 11) is -3.43. The van der Waals surface area contributed by atoms with Crippen LogP contribution in [0.25, 0.3) is 0 Å². The Kier molecular flexibility index (Phi) is 7.48. The highest BCUT2D eigenvalue weighted by atomic mass is 32.2. The van der Waals surface area contributed by atoms with E-state index in [0.717, 1.165) is 18.7 Å². The lowest BCUT2D eigenvalue weighted by atomic mass is 10.1. The molecular weight excluding hydrogens is 388 g/mol. The van der Waals surface area contributed by atoms with Gasteiger partial charge in [-0.2, -0.15) is 0 Å². The second-order valence-corrected chi connectivity index (χ2v) is 8.92. The normalized spacial score (nSPS) is 14.4. The van der Waals surface area contributed by atoms with E-state index in [1.165, 1.54) is 24.9 Å². The van der Waals surface area contributed by atoms with Gasteiger partial charge in [0.1, 0.15) is 0 Å². The lowest BCUT2D eigenvalue weighted by Crippen LogP contribution is -2.37. The Hall–Kier alpha value is -2.58. The van der Waals surface area contributed by atoms with Crippen LogP contribution in [0.2, 0.25) is 0 Å². The van der Waals surface area contributed by atoms with Crippen molar-refractivity contribution in [2.45, 2.75) is 25.0 Å². The fraction of sp³-hybridized carbons (Fsp3) is 0.381. The molecule has 2 amide bonds. The Morgan fingerprint density at radius 3 is 2.28 bits per heavy atom. The van der Waals surface area contributed by atoms with Crippen molar-refractivity contribution in [1.82, 2.24) is 10.0 Å². The van der Waals surface area contributed by atoms with Crippen LogP contribution in [0.5, 0.6) is 0 Å². The maximum Gasteiger partial charge on any atom is 0.319 e. The SMILES string of the molecule is O=C(NCCNS(=O)(=O)Cc1ccccc1)Nc1ccc(N2CCCCC2)cc1. The van der Waals surface area contributed by atoms with Crippen LogP contribution in [0.15, 0.2) is 54.6 Å². The topological polar surface area (TPSA) is 90.5 Å². The van der Waals surface area contributed by atoms with Crippen molar-refractivity contribution in [3.05, 3.63) is 60.2 Å². The van der Waals surface area contributed by atoms with E-state index in [-0.39, 0.29) is 24.9 Å². The van der Waals surface area contributed by atoms with Gasteiger partial charge in [-0.15, -0.1) is 0 Å². The van der Waals surface area contributed by atoms with E-state index in [9.17, 15) is 13.2 Å². The Balaban J connectivity index is 1.37. The van der Waals surface area contributed by atoms with Gasteiger partial charge in [0.2, 0.25) is 10.0 Å². The predicted molar refractivity (Wildman–Crippen MR) is 117 cm³/mol. The minimum absolute atomic E-state index is 0.0800. The number of anilines is 2. The van der Waals surface area contributed by atoms with E-state index in [4.69, 9.17) is 0 Å². The third-order valence-electron chi connectivity index (χ3n) is 4.78. The molecule has 7 nitrogen and oxygen atoms in total. The molecule has 2 aromatic carbocycles. The van der Waals surface area contributed by atoms with Crippen LogP contribution in [0.3, 0.4) is 0 Å². The number of hydrogen-bond acceptors (Lipinski definition) is 4. The van der Waals surface area contributed by atoms with Crippen molar-refractivity contribution in [3.63, 3.8) is 0 Å². The number of carbonyl (C=O) groups excluding carboxylic acids is 1. The highest BCUT2D eigenvalue weighted by Crippen LogP contribution is 2.21. The molecule has 1 fully saturated rings. The summed E-state index contributed by atoms with van der Waals surface area (Å²) in [6.07, 6.45) is 3.73. The zero-order valence-electron chi connectivity index (χ0n) is 16.4. The molecule has 0 atom stereocenters. The van der Waals surface area contributed by atoms with Crippen LogP contribution < -0.4 is 20.3 Å². The summed E-state index contributed by atoms with van der Waals surface area (Å²) in [6, 6.07) is 16.4. The van der Waals surface area contributed by atoms with E-state index >= 15 is 0 Å². The third kappa shape index (κ3) is 7.07.